The molecule has 2 aliphatic rings. The number of ether oxygens (including phenoxy) is 2. The largest absolute Gasteiger partial charge is 0.454 e. The molecule has 156 valence electrons. The van der Waals surface area contributed by atoms with E-state index >= 15 is 0 Å². The summed E-state index contributed by atoms with van der Waals surface area (Å²) in [5, 5.41) is 5.95. The van der Waals surface area contributed by atoms with Crippen molar-refractivity contribution in [1.29, 1.82) is 0 Å². The summed E-state index contributed by atoms with van der Waals surface area (Å²) in [5.41, 5.74) is -0.200. The molecule has 4 amide bonds. The molecule has 1 fully saturated rings. The lowest BCUT2D eigenvalue weighted by Gasteiger charge is -2.23. The predicted octanol–water partition coefficient (Wildman–Crippen LogP) is 2.81. The Bertz CT molecular complexity index is 1060. The number of halogens is 2. The number of imide groups is 1. The van der Waals surface area contributed by atoms with Crippen molar-refractivity contribution in [2.24, 2.45) is 0 Å². The van der Waals surface area contributed by atoms with E-state index in [1.807, 2.05) is 0 Å². The molecule has 0 spiro atoms. The molecule has 2 aliphatic heterocycles. The molecule has 2 N–H and O–H groups in total. The first-order valence-corrected chi connectivity index (χ1v) is 9.78. The minimum absolute atomic E-state index is 0.160. The van der Waals surface area contributed by atoms with Gasteiger partial charge in [0.2, 0.25) is 12.7 Å². The van der Waals surface area contributed by atoms with Gasteiger partial charge in [-0.3, -0.25) is 14.5 Å². The second kappa shape index (κ2) is 7.70. The molecule has 1 saturated heterocycles. The summed E-state index contributed by atoms with van der Waals surface area (Å²) in [6, 6.07) is 9.27. The van der Waals surface area contributed by atoms with E-state index < -0.39 is 29.9 Å². The normalized spacial score (nSPS) is 19.8. The van der Waals surface area contributed by atoms with Gasteiger partial charge < -0.3 is 20.1 Å². The summed E-state index contributed by atoms with van der Waals surface area (Å²) in [6.45, 7) is 1.48. The zero-order valence-corrected chi connectivity index (χ0v) is 17.3. The fraction of sp³-hybridized carbons (Fsp3) is 0.250. The van der Waals surface area contributed by atoms with Crippen molar-refractivity contribution in [2.45, 2.75) is 19.0 Å². The maximum absolute atomic E-state index is 13.0. The molecular formula is C20H17Cl2N3O5. The predicted molar refractivity (Wildman–Crippen MR) is 108 cm³/mol. The summed E-state index contributed by atoms with van der Waals surface area (Å²) in [6.07, 6.45) is 0. The van der Waals surface area contributed by atoms with Gasteiger partial charge in [-0.05, 0) is 36.8 Å². The molecule has 10 heteroatoms. The maximum atomic E-state index is 13.0. The average molecular weight is 450 g/mol. The van der Waals surface area contributed by atoms with Crippen molar-refractivity contribution < 1.29 is 23.9 Å². The fourth-order valence-electron chi connectivity index (χ4n) is 3.37. The Labute approximate surface area is 182 Å². The summed E-state index contributed by atoms with van der Waals surface area (Å²) in [4.78, 5) is 38.6. The molecule has 1 atom stereocenters. The highest BCUT2D eigenvalue weighted by Crippen LogP contribution is 2.35. The van der Waals surface area contributed by atoms with E-state index in [1.54, 1.807) is 30.3 Å². The Balaban J connectivity index is 1.42. The molecule has 0 aliphatic carbocycles. The average Bonchev–Trinajstić information content (AvgIpc) is 3.24. The Morgan fingerprint density at radius 1 is 1.17 bits per heavy atom. The molecule has 0 radical (unpaired) electrons. The molecular weight excluding hydrogens is 433 g/mol. The minimum Gasteiger partial charge on any atom is -0.454 e. The number of hydrogen-bond donors (Lipinski definition) is 2. The van der Waals surface area contributed by atoms with Crippen LogP contribution in [0.3, 0.4) is 0 Å². The lowest BCUT2D eigenvalue weighted by molar-refractivity contribution is -0.134. The molecule has 0 saturated carbocycles. The van der Waals surface area contributed by atoms with Gasteiger partial charge in [-0.1, -0.05) is 35.3 Å². The molecule has 2 aromatic carbocycles. The van der Waals surface area contributed by atoms with Crippen LogP contribution >= 0.6 is 23.2 Å². The van der Waals surface area contributed by atoms with Crippen molar-refractivity contribution in [3.63, 3.8) is 0 Å². The maximum Gasteiger partial charge on any atom is 0.325 e. The molecule has 8 nitrogen and oxygen atoms in total. The molecule has 0 aromatic heterocycles. The van der Waals surface area contributed by atoms with Crippen molar-refractivity contribution in [1.82, 2.24) is 15.5 Å². The Morgan fingerprint density at radius 3 is 2.70 bits per heavy atom. The highest BCUT2D eigenvalue weighted by Gasteiger charge is 2.50. The standard InChI is InChI=1S/C20H17Cl2N3O5/c1-20(13-4-3-12(21)7-14(13)22)18(27)25(19(28)24-20)9-17(26)23-8-11-2-5-15-16(6-11)30-10-29-15/h2-7H,8-10H2,1H3,(H,23,26)(H,24,28)/t20-/m0/s1. The first-order chi connectivity index (χ1) is 14.3. The van der Waals surface area contributed by atoms with Crippen molar-refractivity contribution >= 4 is 41.0 Å². The smallest absolute Gasteiger partial charge is 0.325 e. The van der Waals surface area contributed by atoms with E-state index in [1.165, 1.54) is 13.0 Å². The van der Waals surface area contributed by atoms with Crippen LogP contribution < -0.4 is 20.1 Å². The number of hydrogen-bond acceptors (Lipinski definition) is 5. The zero-order valence-electron chi connectivity index (χ0n) is 15.8. The Kier molecular flexibility index (Phi) is 5.21. The van der Waals surface area contributed by atoms with Crippen LogP contribution in [-0.4, -0.2) is 36.1 Å². The van der Waals surface area contributed by atoms with Crippen LogP contribution in [0.15, 0.2) is 36.4 Å². The number of nitrogens with one attached hydrogen (secondary N) is 2. The molecule has 30 heavy (non-hydrogen) atoms. The summed E-state index contributed by atoms with van der Waals surface area (Å²) in [5.74, 6) is 0.189. The van der Waals surface area contributed by atoms with Crippen LogP contribution in [0.5, 0.6) is 11.5 Å². The summed E-state index contributed by atoms with van der Waals surface area (Å²) in [7, 11) is 0. The SMILES string of the molecule is C[C@@]1(c2ccc(Cl)cc2Cl)NC(=O)N(CC(=O)NCc2ccc3c(c2)OCO3)C1=O. The van der Waals surface area contributed by atoms with Crippen LogP contribution in [-0.2, 0) is 21.7 Å². The molecule has 2 heterocycles. The lowest BCUT2D eigenvalue weighted by atomic mass is 9.92. The van der Waals surface area contributed by atoms with Crippen molar-refractivity contribution in [2.75, 3.05) is 13.3 Å². The Morgan fingerprint density at radius 2 is 1.93 bits per heavy atom. The summed E-state index contributed by atoms with van der Waals surface area (Å²) < 4.78 is 10.6. The zero-order chi connectivity index (χ0) is 21.5. The second-order valence-electron chi connectivity index (χ2n) is 7.03. The van der Waals surface area contributed by atoms with Crippen molar-refractivity contribution in [3.8, 4) is 11.5 Å². The van der Waals surface area contributed by atoms with Gasteiger partial charge in [0.25, 0.3) is 5.91 Å². The number of fused-ring (bicyclic) bond motifs is 1. The van der Waals surface area contributed by atoms with Crippen LogP contribution in [0.1, 0.15) is 18.1 Å². The number of carbonyl (C=O) groups is 3. The first kappa shape index (κ1) is 20.3. The third kappa shape index (κ3) is 3.64. The van der Waals surface area contributed by atoms with Gasteiger partial charge in [0.1, 0.15) is 12.1 Å². The minimum atomic E-state index is -1.39. The van der Waals surface area contributed by atoms with Crippen LogP contribution in [0, 0.1) is 0 Å². The molecule has 2 aromatic rings. The lowest BCUT2D eigenvalue weighted by Crippen LogP contribution is -2.43. The van der Waals surface area contributed by atoms with Gasteiger partial charge in [-0.25, -0.2) is 4.79 Å². The van der Waals surface area contributed by atoms with Crippen LogP contribution in [0.25, 0.3) is 0 Å². The number of amides is 4. The number of benzene rings is 2. The van der Waals surface area contributed by atoms with E-state index in [2.05, 4.69) is 10.6 Å². The molecule has 0 bridgehead atoms. The molecule has 0 unspecified atom stereocenters. The van der Waals surface area contributed by atoms with Crippen LogP contribution in [0.2, 0.25) is 10.0 Å². The van der Waals surface area contributed by atoms with E-state index in [-0.39, 0.29) is 18.4 Å². The number of carbonyl (C=O) groups excluding carboxylic acids is 3. The van der Waals surface area contributed by atoms with E-state index in [4.69, 9.17) is 32.7 Å². The highest BCUT2D eigenvalue weighted by atomic mass is 35.5. The Hall–Kier alpha value is -2.97. The van der Waals surface area contributed by atoms with Gasteiger partial charge in [0, 0.05) is 22.2 Å². The number of rotatable bonds is 5. The summed E-state index contributed by atoms with van der Waals surface area (Å²) >= 11 is 12.1. The fourth-order valence-corrected chi connectivity index (χ4v) is 3.97. The topological polar surface area (TPSA) is 97.0 Å². The van der Waals surface area contributed by atoms with E-state index in [9.17, 15) is 14.4 Å². The quantitative estimate of drug-likeness (QED) is 0.683. The van der Waals surface area contributed by atoms with Crippen LogP contribution in [0.4, 0.5) is 4.79 Å². The first-order valence-electron chi connectivity index (χ1n) is 9.03. The third-order valence-electron chi connectivity index (χ3n) is 4.97. The van der Waals surface area contributed by atoms with E-state index in [0.717, 1.165) is 10.5 Å². The van der Waals surface area contributed by atoms with Gasteiger partial charge in [0.15, 0.2) is 11.5 Å². The van der Waals surface area contributed by atoms with Gasteiger partial charge >= 0.3 is 6.03 Å². The van der Waals surface area contributed by atoms with E-state index in [0.29, 0.717) is 22.1 Å². The second-order valence-corrected chi connectivity index (χ2v) is 7.88. The van der Waals surface area contributed by atoms with Crippen molar-refractivity contribution in [3.05, 3.63) is 57.6 Å². The highest BCUT2D eigenvalue weighted by molar-refractivity contribution is 6.35. The monoisotopic (exact) mass is 449 g/mol. The number of urea groups is 1. The van der Waals surface area contributed by atoms with Gasteiger partial charge in [-0.15, -0.1) is 0 Å². The third-order valence-corrected chi connectivity index (χ3v) is 5.52. The van der Waals surface area contributed by atoms with Gasteiger partial charge in [-0.2, -0.15) is 0 Å². The van der Waals surface area contributed by atoms with Gasteiger partial charge in [0.05, 0.1) is 0 Å². The number of nitrogens with zero attached hydrogens (tertiary/aromatic N) is 1. The molecule has 4 rings (SSSR count).